The zero-order valence-electron chi connectivity index (χ0n) is 21.2. The third-order valence-electron chi connectivity index (χ3n) is 8.01. The second-order valence-electron chi connectivity index (χ2n) is 10.6. The van der Waals surface area contributed by atoms with Gasteiger partial charge in [-0.25, -0.2) is 4.98 Å². The summed E-state index contributed by atoms with van der Waals surface area (Å²) in [5.74, 6) is 0. The molecule has 2 aliphatic heterocycles. The Balaban J connectivity index is 1.23. The van der Waals surface area contributed by atoms with Gasteiger partial charge in [-0.2, -0.15) is 5.10 Å². The number of hydrogen-bond donors (Lipinski definition) is 2. The molecular weight excluding hydrogens is 458 g/mol. The van der Waals surface area contributed by atoms with Gasteiger partial charge in [0.15, 0.2) is 0 Å². The van der Waals surface area contributed by atoms with E-state index in [-0.39, 0.29) is 0 Å². The van der Waals surface area contributed by atoms with Gasteiger partial charge in [0.1, 0.15) is 11.3 Å². The maximum Gasteiger partial charge on any atom is 0.139 e. The van der Waals surface area contributed by atoms with Crippen molar-refractivity contribution in [3.8, 4) is 22.5 Å². The molecule has 0 spiro atoms. The SMILES string of the molecule is c1cc(N2CCCCC2)c2cc(-c3n[nH]c4ccc(-c5cncc(CN6CCCCC6)c5)cc34)[nH]c2n1. The normalized spacial score (nSPS) is 17.1. The number of H-pyrrole nitrogens is 2. The summed E-state index contributed by atoms with van der Waals surface area (Å²) in [4.78, 5) is 17.8. The molecule has 2 saturated heterocycles. The van der Waals surface area contributed by atoms with Crippen molar-refractivity contribution in [3.63, 3.8) is 0 Å². The van der Waals surface area contributed by atoms with Crippen LogP contribution in [-0.4, -0.2) is 56.2 Å². The predicted octanol–water partition coefficient (Wildman–Crippen LogP) is 6.14. The van der Waals surface area contributed by atoms with Crippen molar-refractivity contribution in [1.82, 2.24) is 30.0 Å². The van der Waals surface area contributed by atoms with Crippen LogP contribution in [0.1, 0.15) is 44.1 Å². The van der Waals surface area contributed by atoms with E-state index in [0.29, 0.717) is 0 Å². The predicted molar refractivity (Wildman–Crippen MR) is 150 cm³/mol. The summed E-state index contributed by atoms with van der Waals surface area (Å²) in [6, 6.07) is 13.2. The summed E-state index contributed by atoms with van der Waals surface area (Å²) >= 11 is 0. The lowest BCUT2D eigenvalue weighted by Gasteiger charge is -2.29. The van der Waals surface area contributed by atoms with Crippen molar-refractivity contribution in [3.05, 3.63) is 60.6 Å². The summed E-state index contributed by atoms with van der Waals surface area (Å²) in [5, 5.41) is 10.2. The van der Waals surface area contributed by atoms with Gasteiger partial charge in [0.2, 0.25) is 0 Å². The Bertz CT molecular complexity index is 1540. The van der Waals surface area contributed by atoms with E-state index >= 15 is 0 Å². The maximum atomic E-state index is 4.71. The highest BCUT2D eigenvalue weighted by molar-refractivity contribution is 5.99. The Kier molecular flexibility index (Phi) is 5.85. The first-order valence-corrected chi connectivity index (χ1v) is 13.7. The molecule has 1 aromatic carbocycles. The number of aromatic amines is 2. The molecule has 4 aromatic heterocycles. The van der Waals surface area contributed by atoms with Gasteiger partial charge in [-0.05, 0) is 86.7 Å². The highest BCUT2D eigenvalue weighted by Crippen LogP contribution is 2.35. The molecule has 7 rings (SSSR count). The fourth-order valence-electron chi connectivity index (χ4n) is 6.06. The molecule has 6 heterocycles. The monoisotopic (exact) mass is 491 g/mol. The van der Waals surface area contributed by atoms with Gasteiger partial charge in [0.05, 0.1) is 11.2 Å². The van der Waals surface area contributed by atoms with Crippen LogP contribution in [0.4, 0.5) is 5.69 Å². The molecule has 7 nitrogen and oxygen atoms in total. The third kappa shape index (κ3) is 4.37. The molecule has 188 valence electrons. The van der Waals surface area contributed by atoms with Crippen LogP contribution >= 0.6 is 0 Å². The van der Waals surface area contributed by atoms with Gasteiger partial charge < -0.3 is 9.88 Å². The zero-order chi connectivity index (χ0) is 24.6. The third-order valence-corrected chi connectivity index (χ3v) is 8.01. The number of aromatic nitrogens is 5. The van der Waals surface area contributed by atoms with Crippen molar-refractivity contribution < 1.29 is 0 Å². The van der Waals surface area contributed by atoms with Gasteiger partial charge >= 0.3 is 0 Å². The molecule has 2 fully saturated rings. The van der Waals surface area contributed by atoms with E-state index in [2.05, 4.69) is 66.2 Å². The lowest BCUT2D eigenvalue weighted by molar-refractivity contribution is 0.220. The molecule has 0 saturated carbocycles. The van der Waals surface area contributed by atoms with Crippen molar-refractivity contribution >= 4 is 27.6 Å². The van der Waals surface area contributed by atoms with Gasteiger partial charge in [0.25, 0.3) is 0 Å². The summed E-state index contributed by atoms with van der Waals surface area (Å²) in [6.07, 6.45) is 13.7. The van der Waals surface area contributed by atoms with Crippen LogP contribution in [0.3, 0.4) is 0 Å². The number of fused-ring (bicyclic) bond motifs is 2. The molecule has 0 amide bonds. The smallest absolute Gasteiger partial charge is 0.139 e. The number of nitrogens with one attached hydrogen (secondary N) is 2. The highest BCUT2D eigenvalue weighted by Gasteiger charge is 2.18. The standard InChI is InChI=1S/C30H33N7/c1-3-11-36(12-4-1)20-21-15-23(19-31-18-21)22-7-8-26-24(16-22)29(35-34-26)27-17-25-28(9-10-32-30(25)33-27)37-13-5-2-6-14-37/h7-10,15-19H,1-6,11-14,20H2,(H,32,33)(H,34,35). The molecular formula is C30H33N7. The minimum atomic E-state index is 0.917. The quantitative estimate of drug-likeness (QED) is 0.309. The Morgan fingerprint density at radius 3 is 2.49 bits per heavy atom. The Morgan fingerprint density at radius 1 is 0.784 bits per heavy atom. The second kappa shape index (κ2) is 9.63. The van der Waals surface area contributed by atoms with E-state index in [0.717, 1.165) is 58.7 Å². The number of hydrogen-bond acceptors (Lipinski definition) is 5. The van der Waals surface area contributed by atoms with Crippen LogP contribution in [0.5, 0.6) is 0 Å². The minimum absolute atomic E-state index is 0.917. The maximum absolute atomic E-state index is 4.71. The van der Waals surface area contributed by atoms with Gasteiger partial charge in [-0.3, -0.25) is 15.0 Å². The van der Waals surface area contributed by atoms with E-state index in [1.54, 1.807) is 0 Å². The number of benzene rings is 1. The second-order valence-corrected chi connectivity index (χ2v) is 10.6. The first kappa shape index (κ1) is 22.5. The van der Waals surface area contributed by atoms with Crippen LogP contribution in [0.15, 0.2) is 55.0 Å². The van der Waals surface area contributed by atoms with Crippen molar-refractivity contribution in [2.75, 3.05) is 31.1 Å². The number of pyridine rings is 2. The number of likely N-dealkylation sites (tertiary alicyclic amines) is 1. The fourth-order valence-corrected chi connectivity index (χ4v) is 6.06. The average Bonchev–Trinajstić information content (AvgIpc) is 3.58. The first-order valence-electron chi connectivity index (χ1n) is 13.7. The zero-order valence-corrected chi connectivity index (χ0v) is 21.2. The van der Waals surface area contributed by atoms with E-state index in [1.165, 1.54) is 68.3 Å². The van der Waals surface area contributed by atoms with E-state index in [4.69, 9.17) is 5.10 Å². The number of piperidine rings is 2. The molecule has 0 unspecified atom stereocenters. The Hall–Kier alpha value is -3.71. The molecule has 0 bridgehead atoms. The molecule has 2 N–H and O–H groups in total. The van der Waals surface area contributed by atoms with Gasteiger partial charge in [-0.1, -0.05) is 12.5 Å². The van der Waals surface area contributed by atoms with E-state index in [1.807, 2.05) is 18.6 Å². The lowest BCUT2D eigenvalue weighted by atomic mass is 10.0. The molecule has 0 aliphatic carbocycles. The molecule has 0 atom stereocenters. The first-order chi connectivity index (χ1) is 18.3. The molecule has 0 radical (unpaired) electrons. The molecule has 2 aliphatic rings. The van der Waals surface area contributed by atoms with Crippen LogP contribution in [0.25, 0.3) is 44.5 Å². The average molecular weight is 492 g/mol. The van der Waals surface area contributed by atoms with Crippen LogP contribution in [0, 0.1) is 0 Å². The molecule has 5 aromatic rings. The summed E-state index contributed by atoms with van der Waals surface area (Å²) in [5.41, 5.74) is 8.71. The van der Waals surface area contributed by atoms with Crippen LogP contribution in [0.2, 0.25) is 0 Å². The summed E-state index contributed by atoms with van der Waals surface area (Å²) < 4.78 is 0. The minimum Gasteiger partial charge on any atom is -0.371 e. The summed E-state index contributed by atoms with van der Waals surface area (Å²) in [7, 11) is 0. The Labute approximate surface area is 216 Å². The number of rotatable bonds is 5. The number of nitrogens with zero attached hydrogens (tertiary/aromatic N) is 5. The topological polar surface area (TPSA) is 76.7 Å². The highest BCUT2D eigenvalue weighted by atomic mass is 15.1. The largest absolute Gasteiger partial charge is 0.371 e. The fraction of sp³-hybridized carbons (Fsp3) is 0.367. The van der Waals surface area contributed by atoms with Crippen molar-refractivity contribution in [1.29, 1.82) is 0 Å². The Morgan fingerprint density at radius 2 is 1.62 bits per heavy atom. The van der Waals surface area contributed by atoms with Crippen LogP contribution in [-0.2, 0) is 6.54 Å². The van der Waals surface area contributed by atoms with Crippen molar-refractivity contribution in [2.45, 2.75) is 45.1 Å². The van der Waals surface area contributed by atoms with Gasteiger partial charge in [0, 0.05) is 60.2 Å². The lowest BCUT2D eigenvalue weighted by Crippen LogP contribution is -2.29. The van der Waals surface area contributed by atoms with E-state index in [9.17, 15) is 0 Å². The number of anilines is 1. The molecule has 7 heteroatoms. The van der Waals surface area contributed by atoms with E-state index < -0.39 is 0 Å². The van der Waals surface area contributed by atoms with Gasteiger partial charge in [-0.15, -0.1) is 0 Å². The van der Waals surface area contributed by atoms with Crippen LogP contribution < -0.4 is 4.90 Å². The molecule has 37 heavy (non-hydrogen) atoms. The van der Waals surface area contributed by atoms with Crippen molar-refractivity contribution in [2.24, 2.45) is 0 Å². The summed E-state index contributed by atoms with van der Waals surface area (Å²) in [6.45, 7) is 5.57.